The van der Waals surface area contributed by atoms with Gasteiger partial charge >= 0.3 is 0 Å². The molecular formula is C17H12F3NO3. The molecule has 1 N–H and O–H groups in total. The first-order chi connectivity index (χ1) is 11.6. The number of methoxy groups -OCH3 is 1. The zero-order chi connectivity index (χ0) is 17.3. The van der Waals surface area contributed by atoms with Gasteiger partial charge in [0.15, 0.2) is 17.4 Å². The molecule has 0 saturated carbocycles. The molecule has 0 atom stereocenters. The SMILES string of the molecule is COc1ccccc1-c1noc(-c2cc(F)c(F)cc2F)c1CO. The minimum absolute atomic E-state index is 0.143. The summed E-state index contributed by atoms with van der Waals surface area (Å²) >= 11 is 0. The van der Waals surface area contributed by atoms with E-state index in [0.29, 0.717) is 23.4 Å². The van der Waals surface area contributed by atoms with E-state index in [0.717, 1.165) is 0 Å². The summed E-state index contributed by atoms with van der Waals surface area (Å²) in [6.07, 6.45) is 0. The number of hydrogen-bond donors (Lipinski definition) is 1. The highest BCUT2D eigenvalue weighted by Gasteiger charge is 2.24. The maximum atomic E-state index is 14.0. The summed E-state index contributed by atoms with van der Waals surface area (Å²) in [5.74, 6) is -3.27. The molecule has 1 heterocycles. The van der Waals surface area contributed by atoms with Gasteiger partial charge in [-0.3, -0.25) is 0 Å². The summed E-state index contributed by atoms with van der Waals surface area (Å²) in [4.78, 5) is 0. The van der Waals surface area contributed by atoms with Gasteiger partial charge in [-0.1, -0.05) is 17.3 Å². The highest BCUT2D eigenvalue weighted by molar-refractivity contribution is 5.76. The van der Waals surface area contributed by atoms with Crippen molar-refractivity contribution in [2.24, 2.45) is 0 Å². The monoisotopic (exact) mass is 335 g/mol. The first kappa shape index (κ1) is 16.1. The van der Waals surface area contributed by atoms with Crippen molar-refractivity contribution in [3.8, 4) is 28.3 Å². The molecule has 0 fully saturated rings. The molecule has 3 aromatic rings. The number of aromatic nitrogens is 1. The number of benzene rings is 2. The van der Waals surface area contributed by atoms with E-state index in [-0.39, 0.29) is 22.6 Å². The minimum Gasteiger partial charge on any atom is -0.496 e. The Hall–Kier alpha value is -2.80. The van der Waals surface area contributed by atoms with Crippen LogP contribution in [0.25, 0.3) is 22.6 Å². The van der Waals surface area contributed by atoms with Gasteiger partial charge in [0.2, 0.25) is 0 Å². The van der Waals surface area contributed by atoms with E-state index < -0.39 is 24.1 Å². The third-order valence-corrected chi connectivity index (χ3v) is 3.56. The van der Waals surface area contributed by atoms with E-state index in [9.17, 15) is 18.3 Å². The third-order valence-electron chi connectivity index (χ3n) is 3.56. The predicted octanol–water partition coefficient (Wildman–Crippen LogP) is 3.93. The molecule has 0 saturated heterocycles. The third kappa shape index (κ3) is 2.63. The summed E-state index contributed by atoms with van der Waals surface area (Å²) in [7, 11) is 1.47. The van der Waals surface area contributed by atoms with Gasteiger partial charge in [-0.05, 0) is 18.2 Å². The number of ether oxygens (including phenoxy) is 1. The summed E-state index contributed by atoms with van der Waals surface area (Å²) in [5, 5.41) is 13.5. The first-order valence-electron chi connectivity index (χ1n) is 6.94. The second-order valence-corrected chi connectivity index (χ2v) is 4.94. The standard InChI is InChI=1S/C17H12F3NO3/c1-23-15-5-3-2-4-9(15)16-11(8-22)17(24-21-16)10-6-13(19)14(20)7-12(10)18/h2-7,22H,8H2,1H3. The number of nitrogens with zero attached hydrogens (tertiary/aromatic N) is 1. The fourth-order valence-electron chi connectivity index (χ4n) is 2.42. The Balaban J connectivity index is 2.20. The van der Waals surface area contributed by atoms with Crippen LogP contribution in [0.15, 0.2) is 40.9 Å². The lowest BCUT2D eigenvalue weighted by molar-refractivity contribution is 0.281. The summed E-state index contributed by atoms with van der Waals surface area (Å²) < 4.78 is 50.9. The number of aliphatic hydroxyl groups is 1. The van der Waals surface area contributed by atoms with Crippen LogP contribution in [0.4, 0.5) is 13.2 Å². The maximum absolute atomic E-state index is 14.0. The van der Waals surface area contributed by atoms with Crippen LogP contribution < -0.4 is 4.74 Å². The van der Waals surface area contributed by atoms with Gasteiger partial charge in [0.05, 0.1) is 24.8 Å². The Labute approximate surface area is 135 Å². The van der Waals surface area contributed by atoms with E-state index in [1.807, 2.05) is 0 Å². The second kappa shape index (κ2) is 6.37. The molecule has 0 radical (unpaired) electrons. The molecule has 0 amide bonds. The van der Waals surface area contributed by atoms with Crippen molar-refractivity contribution in [3.63, 3.8) is 0 Å². The lowest BCUT2D eigenvalue weighted by atomic mass is 10.0. The van der Waals surface area contributed by atoms with Crippen molar-refractivity contribution in [2.75, 3.05) is 7.11 Å². The largest absolute Gasteiger partial charge is 0.496 e. The molecule has 0 bridgehead atoms. The lowest BCUT2D eigenvalue weighted by Crippen LogP contribution is -1.95. The van der Waals surface area contributed by atoms with Gasteiger partial charge in [-0.15, -0.1) is 0 Å². The van der Waals surface area contributed by atoms with E-state index in [1.54, 1.807) is 24.3 Å². The number of halogens is 3. The second-order valence-electron chi connectivity index (χ2n) is 4.94. The van der Waals surface area contributed by atoms with Crippen LogP contribution in [0.5, 0.6) is 5.75 Å². The lowest BCUT2D eigenvalue weighted by Gasteiger charge is -2.07. The van der Waals surface area contributed by atoms with Gasteiger partial charge in [0, 0.05) is 11.6 Å². The average molecular weight is 335 g/mol. The Morgan fingerprint density at radius 2 is 1.75 bits per heavy atom. The van der Waals surface area contributed by atoms with Gasteiger partial charge < -0.3 is 14.4 Å². The number of rotatable bonds is 4. The highest BCUT2D eigenvalue weighted by Crippen LogP contribution is 2.37. The molecule has 0 aliphatic rings. The van der Waals surface area contributed by atoms with E-state index in [1.165, 1.54) is 7.11 Å². The quantitative estimate of drug-likeness (QED) is 0.734. The fourth-order valence-corrected chi connectivity index (χ4v) is 2.42. The first-order valence-corrected chi connectivity index (χ1v) is 6.94. The van der Waals surface area contributed by atoms with Crippen molar-refractivity contribution in [1.29, 1.82) is 0 Å². The highest BCUT2D eigenvalue weighted by atomic mass is 19.2. The Morgan fingerprint density at radius 1 is 1.04 bits per heavy atom. The van der Waals surface area contributed by atoms with Gasteiger partial charge in [-0.25, -0.2) is 13.2 Å². The fraction of sp³-hybridized carbons (Fsp3) is 0.118. The minimum atomic E-state index is -1.31. The average Bonchev–Trinajstić information content (AvgIpc) is 3.01. The van der Waals surface area contributed by atoms with Crippen LogP contribution in [-0.2, 0) is 6.61 Å². The predicted molar refractivity (Wildman–Crippen MR) is 79.7 cm³/mol. The van der Waals surface area contributed by atoms with Crippen LogP contribution in [0, 0.1) is 17.5 Å². The zero-order valence-corrected chi connectivity index (χ0v) is 12.5. The molecule has 124 valence electrons. The van der Waals surface area contributed by atoms with Crippen LogP contribution >= 0.6 is 0 Å². The molecule has 0 aliphatic carbocycles. The number of hydrogen-bond acceptors (Lipinski definition) is 4. The maximum Gasteiger partial charge on any atom is 0.176 e. The summed E-state index contributed by atoms with van der Waals surface area (Å²) in [6, 6.07) is 7.92. The van der Waals surface area contributed by atoms with Crippen molar-refractivity contribution in [2.45, 2.75) is 6.61 Å². The number of para-hydroxylation sites is 1. The smallest absolute Gasteiger partial charge is 0.176 e. The molecular weight excluding hydrogens is 323 g/mol. The molecule has 0 aliphatic heterocycles. The van der Waals surface area contributed by atoms with E-state index >= 15 is 0 Å². The molecule has 1 aromatic heterocycles. The Bertz CT molecular complexity index is 893. The molecule has 4 nitrogen and oxygen atoms in total. The molecule has 0 spiro atoms. The van der Waals surface area contributed by atoms with Crippen LogP contribution in [-0.4, -0.2) is 17.4 Å². The van der Waals surface area contributed by atoms with Crippen LogP contribution in [0.1, 0.15) is 5.56 Å². The van der Waals surface area contributed by atoms with Crippen molar-refractivity contribution in [3.05, 3.63) is 59.4 Å². The topological polar surface area (TPSA) is 55.5 Å². The summed E-state index contributed by atoms with van der Waals surface area (Å²) in [6.45, 7) is -0.537. The molecule has 2 aromatic carbocycles. The Morgan fingerprint density at radius 3 is 2.46 bits per heavy atom. The van der Waals surface area contributed by atoms with Gasteiger partial charge in [0.25, 0.3) is 0 Å². The molecule has 24 heavy (non-hydrogen) atoms. The van der Waals surface area contributed by atoms with E-state index in [4.69, 9.17) is 9.26 Å². The molecule has 0 unspecified atom stereocenters. The van der Waals surface area contributed by atoms with Gasteiger partial charge in [0.1, 0.15) is 17.3 Å². The van der Waals surface area contributed by atoms with Crippen LogP contribution in [0.2, 0.25) is 0 Å². The normalized spacial score (nSPS) is 10.9. The van der Waals surface area contributed by atoms with Gasteiger partial charge in [-0.2, -0.15) is 0 Å². The van der Waals surface area contributed by atoms with Crippen LogP contribution in [0.3, 0.4) is 0 Å². The zero-order valence-electron chi connectivity index (χ0n) is 12.5. The number of aliphatic hydroxyl groups excluding tert-OH is 1. The van der Waals surface area contributed by atoms with Crippen molar-refractivity contribution in [1.82, 2.24) is 5.16 Å². The van der Waals surface area contributed by atoms with Crippen molar-refractivity contribution < 1.29 is 27.5 Å². The van der Waals surface area contributed by atoms with E-state index in [2.05, 4.69) is 5.16 Å². The summed E-state index contributed by atoms with van der Waals surface area (Å²) in [5.41, 5.74) is 0.562. The molecule has 7 heteroatoms. The van der Waals surface area contributed by atoms with Crippen molar-refractivity contribution >= 4 is 0 Å². The molecule has 3 rings (SSSR count). The Kier molecular flexibility index (Phi) is 4.26.